The number of hydrogen-bond donors (Lipinski definition) is 1. The van der Waals surface area contributed by atoms with Crippen molar-refractivity contribution in [2.24, 2.45) is 0 Å². The van der Waals surface area contributed by atoms with Crippen molar-refractivity contribution in [2.45, 2.75) is 52.4 Å². The highest BCUT2D eigenvalue weighted by atomic mass is 19.1. The second kappa shape index (κ2) is 11.6. The van der Waals surface area contributed by atoms with Crippen LogP contribution in [-0.2, 0) is 4.74 Å². The van der Waals surface area contributed by atoms with Gasteiger partial charge in [-0.05, 0) is 49.6 Å². The van der Waals surface area contributed by atoms with Gasteiger partial charge in [0.15, 0.2) is 5.65 Å². The molecule has 3 heterocycles. The fraction of sp³-hybridized carbons (Fsp3) is 0.481. The Morgan fingerprint density at radius 2 is 1.76 bits per heavy atom. The number of halogens is 1. The lowest BCUT2D eigenvalue weighted by atomic mass is 9.95. The summed E-state index contributed by atoms with van der Waals surface area (Å²) in [5, 5.41) is 15.5. The number of amides is 1. The van der Waals surface area contributed by atoms with Gasteiger partial charge in [-0.1, -0.05) is 27.2 Å². The van der Waals surface area contributed by atoms with Crippen LogP contribution in [0.1, 0.15) is 68.4 Å². The number of carboxylic acids is 1. The van der Waals surface area contributed by atoms with Crippen molar-refractivity contribution >= 4 is 28.9 Å². The number of fused-ring (bicyclic) bond motifs is 1. The Hall–Kier alpha value is -3.69. The van der Waals surface area contributed by atoms with E-state index in [-0.39, 0.29) is 23.4 Å². The topological polar surface area (TPSA) is 101 Å². The van der Waals surface area contributed by atoms with Gasteiger partial charge >= 0.3 is 12.1 Å². The summed E-state index contributed by atoms with van der Waals surface area (Å²) in [6.45, 7) is 8.42. The van der Waals surface area contributed by atoms with Gasteiger partial charge in [-0.2, -0.15) is 5.10 Å². The van der Waals surface area contributed by atoms with E-state index in [1.54, 1.807) is 27.8 Å². The number of unbranched alkanes of at least 4 members (excludes halogenated alkanes) is 1. The first kappa shape index (κ1) is 26.4. The molecule has 3 aromatic rings. The van der Waals surface area contributed by atoms with E-state index in [0.29, 0.717) is 61.0 Å². The molecule has 1 aliphatic rings. The largest absolute Gasteiger partial charge is 0.478 e. The number of rotatable bonds is 9. The van der Waals surface area contributed by atoms with Crippen molar-refractivity contribution in [2.75, 3.05) is 37.7 Å². The van der Waals surface area contributed by atoms with Crippen LogP contribution in [-0.4, -0.2) is 69.6 Å². The second-order valence-corrected chi connectivity index (χ2v) is 9.26. The monoisotopic (exact) mass is 511 g/mol. The molecule has 0 bridgehead atoms. The minimum absolute atomic E-state index is 0.0530. The number of pyridine rings is 1. The lowest BCUT2D eigenvalue weighted by Crippen LogP contribution is -2.49. The molecule has 37 heavy (non-hydrogen) atoms. The highest BCUT2D eigenvalue weighted by molar-refractivity contribution is 6.04. The maximum Gasteiger partial charge on any atom is 0.409 e. The third-order valence-corrected chi connectivity index (χ3v) is 6.91. The lowest BCUT2D eigenvalue weighted by molar-refractivity contribution is 0.0698. The maximum atomic E-state index is 13.6. The Bertz CT molecular complexity index is 1250. The van der Waals surface area contributed by atoms with Crippen molar-refractivity contribution in [3.63, 3.8) is 0 Å². The number of carbonyl (C=O) groups is 2. The Kier molecular flexibility index (Phi) is 8.25. The van der Waals surface area contributed by atoms with E-state index < -0.39 is 5.97 Å². The minimum Gasteiger partial charge on any atom is -0.478 e. The van der Waals surface area contributed by atoms with Gasteiger partial charge in [0.25, 0.3) is 0 Å². The Labute approximate surface area is 215 Å². The molecule has 0 atom stereocenters. The number of piperazine rings is 1. The molecule has 4 rings (SSSR count). The summed E-state index contributed by atoms with van der Waals surface area (Å²) in [5.74, 6) is -0.871. The van der Waals surface area contributed by atoms with Crippen LogP contribution in [0.15, 0.2) is 30.3 Å². The van der Waals surface area contributed by atoms with Crippen LogP contribution in [0.3, 0.4) is 0 Å². The van der Waals surface area contributed by atoms with Crippen molar-refractivity contribution in [3.05, 3.63) is 47.4 Å². The lowest BCUT2D eigenvalue weighted by Gasteiger charge is -2.35. The van der Waals surface area contributed by atoms with Gasteiger partial charge in [0.2, 0.25) is 0 Å². The highest BCUT2D eigenvalue weighted by Crippen LogP contribution is 2.34. The second-order valence-electron chi connectivity index (χ2n) is 9.26. The average Bonchev–Trinajstić information content (AvgIpc) is 3.28. The molecular formula is C27H34FN5O4. The predicted molar refractivity (Wildman–Crippen MR) is 139 cm³/mol. The van der Waals surface area contributed by atoms with Gasteiger partial charge in [0.1, 0.15) is 11.6 Å². The van der Waals surface area contributed by atoms with E-state index in [2.05, 4.69) is 0 Å². The molecule has 9 nitrogen and oxygen atoms in total. The summed E-state index contributed by atoms with van der Waals surface area (Å²) in [7, 11) is 0. The van der Waals surface area contributed by atoms with Gasteiger partial charge in [-0.25, -0.2) is 23.6 Å². The molecule has 1 aromatic carbocycles. The summed E-state index contributed by atoms with van der Waals surface area (Å²) >= 11 is 0. The molecule has 0 aliphatic carbocycles. The molecular weight excluding hydrogens is 477 g/mol. The molecule has 0 spiro atoms. The fourth-order valence-electron chi connectivity index (χ4n) is 4.70. The van der Waals surface area contributed by atoms with E-state index in [1.807, 2.05) is 25.7 Å². The molecule has 198 valence electrons. The Balaban J connectivity index is 1.73. The highest BCUT2D eigenvalue weighted by Gasteiger charge is 2.28. The Morgan fingerprint density at radius 3 is 2.35 bits per heavy atom. The van der Waals surface area contributed by atoms with Crippen molar-refractivity contribution < 1.29 is 23.8 Å². The predicted octanol–water partition coefficient (Wildman–Crippen LogP) is 5.22. The molecule has 0 radical (unpaired) electrons. The fourth-order valence-corrected chi connectivity index (χ4v) is 4.70. The van der Waals surface area contributed by atoms with E-state index >= 15 is 0 Å². The molecule has 1 fully saturated rings. The number of ether oxygens (including phenoxy) is 1. The van der Waals surface area contributed by atoms with Gasteiger partial charge in [0, 0.05) is 32.1 Å². The maximum absolute atomic E-state index is 13.6. The summed E-state index contributed by atoms with van der Waals surface area (Å²) < 4.78 is 20.6. The van der Waals surface area contributed by atoms with Gasteiger partial charge < -0.3 is 19.6 Å². The first-order valence-electron chi connectivity index (χ1n) is 13.0. The van der Waals surface area contributed by atoms with Crippen molar-refractivity contribution in [3.8, 4) is 5.69 Å². The van der Waals surface area contributed by atoms with Crippen LogP contribution < -0.4 is 4.90 Å². The molecule has 0 unspecified atom stereocenters. The van der Waals surface area contributed by atoms with E-state index in [9.17, 15) is 19.1 Å². The molecule has 2 aromatic heterocycles. The first-order chi connectivity index (χ1) is 17.9. The molecule has 1 amide bonds. The molecule has 0 saturated carbocycles. The molecule has 1 N–H and O–H groups in total. The zero-order valence-electron chi connectivity index (χ0n) is 21.6. The third kappa shape index (κ3) is 5.52. The summed E-state index contributed by atoms with van der Waals surface area (Å²) in [6, 6.07) is 7.51. The van der Waals surface area contributed by atoms with Crippen LogP contribution in [0.2, 0.25) is 0 Å². The number of nitrogens with zero attached hydrogens (tertiary/aromatic N) is 5. The molecule has 1 saturated heterocycles. The van der Waals surface area contributed by atoms with Crippen LogP contribution in [0.25, 0.3) is 16.7 Å². The van der Waals surface area contributed by atoms with Crippen molar-refractivity contribution in [1.29, 1.82) is 0 Å². The Morgan fingerprint density at radius 1 is 1.08 bits per heavy atom. The van der Waals surface area contributed by atoms with Crippen molar-refractivity contribution in [1.82, 2.24) is 19.7 Å². The number of hydrogen-bond acceptors (Lipinski definition) is 6. The van der Waals surface area contributed by atoms with Crippen LogP contribution >= 0.6 is 0 Å². The minimum atomic E-state index is -1.06. The smallest absolute Gasteiger partial charge is 0.409 e. The first-order valence-corrected chi connectivity index (χ1v) is 13.0. The van der Waals surface area contributed by atoms with Crippen LogP contribution in [0.5, 0.6) is 0 Å². The van der Waals surface area contributed by atoms with Gasteiger partial charge in [0.05, 0.1) is 28.9 Å². The molecule has 10 heteroatoms. The number of aromatic carboxylic acids is 1. The van der Waals surface area contributed by atoms with E-state index in [1.165, 1.54) is 12.1 Å². The zero-order chi connectivity index (χ0) is 26.5. The van der Waals surface area contributed by atoms with Gasteiger partial charge in [-0.15, -0.1) is 0 Å². The molecule has 1 aliphatic heterocycles. The third-order valence-electron chi connectivity index (χ3n) is 6.91. The van der Waals surface area contributed by atoms with Gasteiger partial charge in [-0.3, -0.25) is 0 Å². The summed E-state index contributed by atoms with van der Waals surface area (Å²) in [5.41, 5.74) is 1.84. The normalized spacial score (nSPS) is 14.0. The number of aromatic nitrogens is 3. The quantitative estimate of drug-likeness (QED) is 0.393. The van der Waals surface area contributed by atoms with E-state index in [4.69, 9.17) is 14.8 Å². The summed E-state index contributed by atoms with van der Waals surface area (Å²) in [4.78, 5) is 33.3. The standard InChI is InChI=1S/C27H34FN5O4/c1-4-7-16-37-27(36)32-14-12-31(13-15-32)22-17-21(26(34)35)23-24(18(5-2)6-3)30-33(25(23)29-22)20-10-8-19(28)9-11-20/h8-11,17-18H,4-7,12-16H2,1-3H3,(H,34,35). The van der Waals surface area contributed by atoms with Crippen LogP contribution in [0, 0.1) is 5.82 Å². The zero-order valence-corrected chi connectivity index (χ0v) is 21.6. The van der Waals surface area contributed by atoms with E-state index in [0.717, 1.165) is 25.7 Å². The summed E-state index contributed by atoms with van der Waals surface area (Å²) in [6.07, 6.45) is 3.04. The average molecular weight is 512 g/mol. The number of carbonyl (C=O) groups excluding carboxylic acids is 1. The number of anilines is 1. The number of carboxylic acid groups (broad SMARTS) is 1. The SMILES string of the molecule is CCCCOC(=O)N1CCN(c2cc(C(=O)O)c3c(C(CC)CC)nn(-c4ccc(F)cc4)c3n2)CC1. The number of benzene rings is 1. The van der Waals surface area contributed by atoms with Crippen LogP contribution in [0.4, 0.5) is 15.0 Å².